The summed E-state index contributed by atoms with van der Waals surface area (Å²) < 4.78 is 30.4. The molecule has 1 aliphatic carbocycles. The Labute approximate surface area is 207 Å². The molecule has 3 aliphatic rings. The van der Waals surface area contributed by atoms with Gasteiger partial charge in [0.2, 0.25) is 0 Å². The monoisotopic (exact) mass is 503 g/mol. The first-order valence-electron chi connectivity index (χ1n) is 12.3. The lowest BCUT2D eigenvalue weighted by atomic mass is 9.92. The number of pyridine rings is 1. The SMILES string of the molecule is Cc1nc(-c2nnn(C)c2CN2CCN(CC3CC3)C2=O)ccc1N1C[C@H](CC(=O)O)CC(F)(F)C1. The molecule has 0 bridgehead atoms. The first-order valence-corrected chi connectivity index (χ1v) is 12.3. The summed E-state index contributed by atoms with van der Waals surface area (Å²) in [5, 5.41) is 17.5. The van der Waals surface area contributed by atoms with Crippen LogP contribution in [0.15, 0.2) is 12.1 Å². The number of alkyl halides is 2. The summed E-state index contributed by atoms with van der Waals surface area (Å²) in [6, 6.07) is 3.48. The number of carboxylic acid groups (broad SMARTS) is 1. The number of piperidine rings is 1. The molecule has 194 valence electrons. The maximum atomic E-state index is 14.4. The minimum Gasteiger partial charge on any atom is -0.481 e. The Morgan fingerprint density at radius 1 is 1.19 bits per heavy atom. The number of amides is 2. The number of aryl methyl sites for hydroxylation is 2. The van der Waals surface area contributed by atoms with Gasteiger partial charge >= 0.3 is 12.0 Å². The van der Waals surface area contributed by atoms with Crippen molar-refractivity contribution in [2.45, 2.75) is 45.1 Å². The normalized spacial score (nSPS) is 21.9. The zero-order chi connectivity index (χ0) is 25.6. The van der Waals surface area contributed by atoms with Crippen LogP contribution in [0.1, 0.15) is 37.1 Å². The quantitative estimate of drug-likeness (QED) is 0.590. The van der Waals surface area contributed by atoms with E-state index >= 15 is 0 Å². The molecule has 3 fully saturated rings. The van der Waals surface area contributed by atoms with E-state index in [0.29, 0.717) is 48.3 Å². The van der Waals surface area contributed by atoms with Crippen LogP contribution in [0.4, 0.5) is 19.3 Å². The average molecular weight is 504 g/mol. The molecule has 1 atom stereocenters. The van der Waals surface area contributed by atoms with Crippen molar-refractivity contribution in [2.24, 2.45) is 18.9 Å². The molecule has 1 saturated carbocycles. The Bertz CT molecular complexity index is 1170. The molecule has 36 heavy (non-hydrogen) atoms. The lowest BCUT2D eigenvalue weighted by Gasteiger charge is -2.39. The zero-order valence-electron chi connectivity index (χ0n) is 20.5. The number of carboxylic acids is 1. The number of rotatable bonds is 8. The summed E-state index contributed by atoms with van der Waals surface area (Å²) in [4.78, 5) is 33.9. The van der Waals surface area contributed by atoms with Gasteiger partial charge in [0.25, 0.3) is 5.92 Å². The van der Waals surface area contributed by atoms with Gasteiger partial charge in [0, 0.05) is 39.6 Å². The van der Waals surface area contributed by atoms with Crippen molar-refractivity contribution in [1.82, 2.24) is 29.8 Å². The van der Waals surface area contributed by atoms with E-state index < -0.39 is 30.8 Å². The van der Waals surface area contributed by atoms with E-state index in [0.717, 1.165) is 12.2 Å². The third-order valence-electron chi connectivity index (χ3n) is 7.23. The lowest BCUT2D eigenvalue weighted by Crippen LogP contribution is -2.48. The highest BCUT2D eigenvalue weighted by atomic mass is 19.3. The van der Waals surface area contributed by atoms with Crippen LogP contribution in [-0.4, -0.2) is 85.5 Å². The van der Waals surface area contributed by atoms with Crippen LogP contribution >= 0.6 is 0 Å². The number of anilines is 1. The van der Waals surface area contributed by atoms with Crippen LogP contribution in [0.5, 0.6) is 0 Å². The fourth-order valence-electron chi connectivity index (χ4n) is 5.29. The predicted molar refractivity (Wildman–Crippen MR) is 127 cm³/mol. The van der Waals surface area contributed by atoms with E-state index in [1.54, 1.807) is 35.7 Å². The Morgan fingerprint density at radius 2 is 1.94 bits per heavy atom. The molecule has 2 aliphatic heterocycles. The zero-order valence-corrected chi connectivity index (χ0v) is 20.5. The fourth-order valence-corrected chi connectivity index (χ4v) is 5.29. The molecule has 2 amide bonds. The van der Waals surface area contributed by atoms with Gasteiger partial charge in [-0.25, -0.2) is 23.2 Å². The van der Waals surface area contributed by atoms with Crippen LogP contribution in [-0.2, 0) is 18.4 Å². The van der Waals surface area contributed by atoms with Crippen molar-refractivity contribution in [3.05, 3.63) is 23.5 Å². The van der Waals surface area contributed by atoms with Crippen molar-refractivity contribution in [1.29, 1.82) is 0 Å². The number of urea groups is 1. The van der Waals surface area contributed by atoms with Crippen molar-refractivity contribution in [2.75, 3.05) is 37.6 Å². The number of aliphatic carboxylic acids is 1. The van der Waals surface area contributed by atoms with Gasteiger partial charge in [0.15, 0.2) is 0 Å². The predicted octanol–water partition coefficient (Wildman–Crippen LogP) is 2.77. The summed E-state index contributed by atoms with van der Waals surface area (Å²) in [6.45, 7) is 4.03. The molecule has 10 nitrogen and oxygen atoms in total. The first-order chi connectivity index (χ1) is 17.1. The summed E-state index contributed by atoms with van der Waals surface area (Å²) in [7, 11) is 1.77. The lowest BCUT2D eigenvalue weighted by molar-refractivity contribution is -0.139. The van der Waals surface area contributed by atoms with Gasteiger partial charge in [-0.2, -0.15) is 0 Å². The van der Waals surface area contributed by atoms with Gasteiger partial charge in [0.05, 0.1) is 42.3 Å². The molecular weight excluding hydrogens is 472 g/mol. The number of hydrogen-bond donors (Lipinski definition) is 1. The molecule has 0 aromatic carbocycles. The van der Waals surface area contributed by atoms with Crippen LogP contribution in [0.2, 0.25) is 0 Å². The Balaban J connectivity index is 1.34. The molecule has 4 heterocycles. The van der Waals surface area contributed by atoms with Gasteiger partial charge < -0.3 is 19.8 Å². The highest BCUT2D eigenvalue weighted by molar-refractivity contribution is 5.77. The maximum Gasteiger partial charge on any atom is 0.320 e. The van der Waals surface area contributed by atoms with Crippen molar-refractivity contribution in [3.63, 3.8) is 0 Å². The number of aromatic nitrogens is 4. The van der Waals surface area contributed by atoms with E-state index in [9.17, 15) is 18.4 Å². The number of carbonyl (C=O) groups excluding carboxylic acids is 1. The van der Waals surface area contributed by atoms with Crippen molar-refractivity contribution < 1.29 is 23.5 Å². The summed E-state index contributed by atoms with van der Waals surface area (Å²) in [6.07, 6.45) is 1.65. The van der Waals surface area contributed by atoms with Crippen LogP contribution in [0.3, 0.4) is 0 Å². The average Bonchev–Trinajstić information content (AvgIpc) is 3.45. The van der Waals surface area contributed by atoms with Crippen molar-refractivity contribution in [3.8, 4) is 11.4 Å². The highest BCUT2D eigenvalue weighted by Crippen LogP contribution is 2.36. The summed E-state index contributed by atoms with van der Waals surface area (Å²) in [5.74, 6) is -4.07. The van der Waals surface area contributed by atoms with Gasteiger partial charge in [-0.1, -0.05) is 5.21 Å². The molecule has 5 rings (SSSR count). The fraction of sp³-hybridized carbons (Fsp3) is 0.625. The molecule has 0 spiro atoms. The number of nitrogens with zero attached hydrogens (tertiary/aromatic N) is 7. The standard InChI is InChI=1S/C24H31F2N7O3/c1-15-19(33-12-17(9-21(34)35)10-24(25,26)14-33)6-5-18(27-15)22-20(30(2)29-28-22)13-32-8-7-31(23(32)36)11-16-3-4-16/h5-6,16-17H,3-4,7-14H2,1-2H3,(H,34,35)/t17-/m1/s1. The Hall–Kier alpha value is -3.31. The van der Waals surface area contributed by atoms with E-state index in [1.807, 2.05) is 4.90 Å². The largest absolute Gasteiger partial charge is 0.481 e. The van der Waals surface area contributed by atoms with E-state index in [2.05, 4.69) is 15.3 Å². The van der Waals surface area contributed by atoms with Crippen LogP contribution in [0.25, 0.3) is 11.4 Å². The van der Waals surface area contributed by atoms with Crippen molar-refractivity contribution >= 4 is 17.7 Å². The molecule has 2 aromatic rings. The summed E-state index contributed by atoms with van der Waals surface area (Å²) in [5.41, 5.74) is 2.94. The highest BCUT2D eigenvalue weighted by Gasteiger charge is 2.41. The topological polar surface area (TPSA) is 108 Å². The molecule has 12 heteroatoms. The second-order valence-electron chi connectivity index (χ2n) is 10.3. The van der Waals surface area contributed by atoms with E-state index in [-0.39, 0.29) is 19.0 Å². The minimum absolute atomic E-state index is 0.0236. The molecule has 1 N–H and O–H groups in total. The molecule has 2 aromatic heterocycles. The second kappa shape index (κ2) is 9.29. The van der Waals surface area contributed by atoms with Gasteiger partial charge in [-0.05, 0) is 43.7 Å². The molecule has 0 unspecified atom stereocenters. The third-order valence-corrected chi connectivity index (χ3v) is 7.23. The Kier molecular flexibility index (Phi) is 6.29. The second-order valence-corrected chi connectivity index (χ2v) is 10.3. The smallest absolute Gasteiger partial charge is 0.320 e. The molecular formula is C24H31F2N7O3. The molecule has 2 saturated heterocycles. The Morgan fingerprint density at radius 3 is 2.64 bits per heavy atom. The maximum absolute atomic E-state index is 14.4. The first kappa shape index (κ1) is 24.4. The number of halogens is 2. The van der Waals surface area contributed by atoms with E-state index in [4.69, 9.17) is 5.11 Å². The van der Waals surface area contributed by atoms with Gasteiger partial charge in [-0.3, -0.25) is 4.79 Å². The van der Waals surface area contributed by atoms with E-state index in [1.165, 1.54) is 17.7 Å². The van der Waals surface area contributed by atoms with Gasteiger partial charge in [0.1, 0.15) is 5.69 Å². The third kappa shape index (κ3) is 5.12. The minimum atomic E-state index is -2.97. The number of hydrogen-bond acceptors (Lipinski definition) is 6. The molecule has 0 radical (unpaired) electrons. The van der Waals surface area contributed by atoms with Gasteiger partial charge in [-0.15, -0.1) is 5.10 Å². The van der Waals surface area contributed by atoms with Crippen LogP contribution < -0.4 is 4.90 Å². The number of carbonyl (C=O) groups is 2. The van der Waals surface area contributed by atoms with Crippen LogP contribution in [0, 0.1) is 18.8 Å². The summed E-state index contributed by atoms with van der Waals surface area (Å²) >= 11 is 0.